The Hall–Kier alpha value is -2.88. The van der Waals surface area contributed by atoms with E-state index in [4.69, 9.17) is 11.6 Å². The SMILES string of the molecule is CCCCNC(=O)[C@H](C)N(Cc1cccc(Br)c1)C(=O)CN(c1cccc(Cl)c1)S(=O)(=O)c1ccc(C)cc1. The van der Waals surface area contributed by atoms with Crippen LogP contribution in [0.2, 0.25) is 5.02 Å². The molecule has 0 aromatic heterocycles. The summed E-state index contributed by atoms with van der Waals surface area (Å²) in [6.45, 7) is 5.63. The van der Waals surface area contributed by atoms with Crippen LogP contribution in [0.25, 0.3) is 0 Å². The van der Waals surface area contributed by atoms with E-state index >= 15 is 0 Å². The van der Waals surface area contributed by atoms with Crippen molar-refractivity contribution in [2.75, 3.05) is 17.4 Å². The Bertz CT molecular complexity index is 1400. The first kappa shape index (κ1) is 30.7. The zero-order valence-electron chi connectivity index (χ0n) is 22.2. The fourth-order valence-electron chi connectivity index (χ4n) is 3.95. The van der Waals surface area contributed by atoms with Gasteiger partial charge in [-0.25, -0.2) is 8.42 Å². The highest BCUT2D eigenvalue weighted by molar-refractivity contribution is 9.10. The molecule has 0 aliphatic rings. The number of anilines is 1. The van der Waals surface area contributed by atoms with Gasteiger partial charge in [-0.15, -0.1) is 0 Å². The number of halogens is 2. The minimum absolute atomic E-state index is 0.0461. The number of nitrogens with one attached hydrogen (secondary N) is 1. The molecule has 1 N–H and O–H groups in total. The summed E-state index contributed by atoms with van der Waals surface area (Å²) in [6.07, 6.45) is 1.73. The number of aryl methyl sites for hydroxylation is 1. The van der Waals surface area contributed by atoms with Gasteiger partial charge < -0.3 is 10.2 Å². The lowest BCUT2D eigenvalue weighted by molar-refractivity contribution is -0.139. The average Bonchev–Trinajstić information content (AvgIpc) is 2.90. The normalized spacial score (nSPS) is 12.0. The summed E-state index contributed by atoms with van der Waals surface area (Å²) in [4.78, 5) is 28.4. The van der Waals surface area contributed by atoms with E-state index in [2.05, 4.69) is 21.2 Å². The lowest BCUT2D eigenvalue weighted by Crippen LogP contribution is -2.51. The molecular weight excluding hydrogens is 602 g/mol. The lowest BCUT2D eigenvalue weighted by atomic mass is 10.1. The van der Waals surface area contributed by atoms with Gasteiger partial charge in [-0.3, -0.25) is 13.9 Å². The van der Waals surface area contributed by atoms with E-state index in [1.165, 1.54) is 23.1 Å². The van der Waals surface area contributed by atoms with Crippen molar-refractivity contribution in [2.45, 2.75) is 51.1 Å². The molecule has 39 heavy (non-hydrogen) atoms. The third-order valence-electron chi connectivity index (χ3n) is 6.22. The number of sulfonamides is 1. The van der Waals surface area contributed by atoms with Crippen molar-refractivity contribution in [3.05, 3.63) is 93.4 Å². The zero-order valence-corrected chi connectivity index (χ0v) is 25.4. The van der Waals surface area contributed by atoms with E-state index in [1.54, 1.807) is 37.3 Å². The Kier molecular flexibility index (Phi) is 11.0. The molecule has 10 heteroatoms. The molecule has 0 unspecified atom stereocenters. The fraction of sp³-hybridized carbons (Fsp3) is 0.310. The Labute approximate surface area is 244 Å². The number of hydrogen-bond donors (Lipinski definition) is 1. The Balaban J connectivity index is 2.00. The molecule has 3 aromatic carbocycles. The smallest absolute Gasteiger partial charge is 0.264 e. The summed E-state index contributed by atoms with van der Waals surface area (Å²) in [7, 11) is -4.14. The van der Waals surface area contributed by atoms with Crippen LogP contribution < -0.4 is 9.62 Å². The van der Waals surface area contributed by atoms with Crippen molar-refractivity contribution in [1.29, 1.82) is 0 Å². The summed E-state index contributed by atoms with van der Waals surface area (Å²) >= 11 is 9.65. The van der Waals surface area contributed by atoms with E-state index < -0.39 is 28.5 Å². The number of rotatable bonds is 12. The number of nitrogens with zero attached hydrogens (tertiary/aromatic N) is 2. The van der Waals surface area contributed by atoms with Crippen molar-refractivity contribution in [1.82, 2.24) is 10.2 Å². The topological polar surface area (TPSA) is 86.8 Å². The Morgan fingerprint density at radius 2 is 1.72 bits per heavy atom. The molecule has 0 spiro atoms. The molecule has 3 rings (SSSR count). The molecule has 7 nitrogen and oxygen atoms in total. The predicted molar refractivity (Wildman–Crippen MR) is 159 cm³/mol. The molecule has 2 amide bonds. The van der Waals surface area contributed by atoms with Gasteiger partial charge in [0.05, 0.1) is 10.6 Å². The van der Waals surface area contributed by atoms with E-state index in [0.717, 1.165) is 32.7 Å². The largest absolute Gasteiger partial charge is 0.354 e. The zero-order chi connectivity index (χ0) is 28.6. The van der Waals surface area contributed by atoms with Crippen molar-refractivity contribution < 1.29 is 18.0 Å². The van der Waals surface area contributed by atoms with Crippen molar-refractivity contribution in [3.8, 4) is 0 Å². The molecule has 0 heterocycles. The predicted octanol–water partition coefficient (Wildman–Crippen LogP) is 5.94. The maximum atomic E-state index is 13.9. The highest BCUT2D eigenvalue weighted by atomic mass is 79.9. The number of carbonyl (C=O) groups excluding carboxylic acids is 2. The van der Waals surface area contributed by atoms with Crippen LogP contribution in [0.3, 0.4) is 0 Å². The summed E-state index contributed by atoms with van der Waals surface area (Å²) < 4.78 is 29.5. The number of unbranched alkanes of at least 4 members (excludes halogenated alkanes) is 1. The van der Waals surface area contributed by atoms with Crippen LogP contribution in [0, 0.1) is 6.92 Å². The minimum atomic E-state index is -4.14. The molecule has 0 saturated heterocycles. The van der Waals surface area contributed by atoms with E-state index in [-0.39, 0.29) is 23.0 Å². The first-order valence-electron chi connectivity index (χ1n) is 12.7. The Morgan fingerprint density at radius 3 is 2.36 bits per heavy atom. The van der Waals surface area contributed by atoms with Crippen molar-refractivity contribution >= 4 is 55.1 Å². The fourth-order valence-corrected chi connectivity index (χ4v) is 5.99. The number of carbonyl (C=O) groups is 2. The second kappa shape index (κ2) is 14.0. The van der Waals surface area contributed by atoms with Gasteiger partial charge in [0.25, 0.3) is 10.0 Å². The second-order valence-electron chi connectivity index (χ2n) is 9.28. The minimum Gasteiger partial charge on any atom is -0.354 e. The molecule has 0 aliphatic carbocycles. The molecule has 0 fully saturated rings. The summed E-state index contributed by atoms with van der Waals surface area (Å²) in [6, 6.07) is 19.4. The van der Waals surface area contributed by atoms with E-state index in [1.807, 2.05) is 38.1 Å². The summed E-state index contributed by atoms with van der Waals surface area (Å²) in [5.41, 5.74) is 1.95. The van der Waals surface area contributed by atoms with Gasteiger partial charge in [-0.2, -0.15) is 0 Å². The number of hydrogen-bond acceptors (Lipinski definition) is 4. The third kappa shape index (κ3) is 8.30. The monoisotopic (exact) mass is 633 g/mol. The molecule has 3 aromatic rings. The molecule has 0 radical (unpaired) electrons. The van der Waals surface area contributed by atoms with Gasteiger partial charge in [-0.05, 0) is 68.3 Å². The maximum absolute atomic E-state index is 13.9. The summed E-state index contributed by atoms with van der Waals surface area (Å²) in [5.74, 6) is -0.828. The second-order valence-corrected chi connectivity index (χ2v) is 12.5. The highest BCUT2D eigenvalue weighted by Gasteiger charge is 2.32. The molecule has 208 valence electrons. The van der Waals surface area contributed by atoms with E-state index in [9.17, 15) is 18.0 Å². The molecule has 0 aliphatic heterocycles. The van der Waals surface area contributed by atoms with Crippen molar-refractivity contribution in [2.24, 2.45) is 0 Å². The van der Waals surface area contributed by atoms with Crippen LogP contribution in [0.4, 0.5) is 5.69 Å². The summed E-state index contributed by atoms with van der Waals surface area (Å²) in [5, 5.41) is 3.21. The maximum Gasteiger partial charge on any atom is 0.264 e. The van der Waals surface area contributed by atoms with Gasteiger partial charge >= 0.3 is 0 Å². The standard InChI is InChI=1S/C29H33BrClN3O4S/c1-4-5-16-32-29(36)22(3)33(19-23-8-6-9-24(30)17-23)28(35)20-34(26-11-7-10-25(31)18-26)39(37,38)27-14-12-21(2)13-15-27/h6-15,17-18,22H,4-5,16,19-20H2,1-3H3,(H,32,36)/t22-/m0/s1. The van der Waals surface area contributed by atoms with Gasteiger partial charge in [0, 0.05) is 22.6 Å². The van der Waals surface area contributed by atoms with Crippen LogP contribution >= 0.6 is 27.5 Å². The van der Waals surface area contributed by atoms with Gasteiger partial charge in [-0.1, -0.05) is 76.8 Å². The first-order valence-corrected chi connectivity index (χ1v) is 15.3. The third-order valence-corrected chi connectivity index (χ3v) is 8.74. The van der Waals surface area contributed by atoms with Crippen LogP contribution in [0.1, 0.15) is 37.8 Å². The van der Waals surface area contributed by atoms with Crippen LogP contribution in [-0.4, -0.2) is 44.3 Å². The molecule has 1 atom stereocenters. The highest BCUT2D eigenvalue weighted by Crippen LogP contribution is 2.27. The van der Waals surface area contributed by atoms with Gasteiger partial charge in [0.15, 0.2) is 0 Å². The van der Waals surface area contributed by atoms with Crippen LogP contribution in [-0.2, 0) is 26.2 Å². The van der Waals surface area contributed by atoms with Crippen molar-refractivity contribution in [3.63, 3.8) is 0 Å². The van der Waals surface area contributed by atoms with Crippen LogP contribution in [0.15, 0.2) is 82.2 Å². The Morgan fingerprint density at radius 1 is 1.03 bits per heavy atom. The van der Waals surface area contributed by atoms with Gasteiger partial charge in [0.1, 0.15) is 12.6 Å². The lowest BCUT2D eigenvalue weighted by Gasteiger charge is -2.32. The molecule has 0 saturated carbocycles. The molecular formula is C29H33BrClN3O4S. The first-order chi connectivity index (χ1) is 18.5. The number of amides is 2. The quantitative estimate of drug-likeness (QED) is 0.250. The van der Waals surface area contributed by atoms with Gasteiger partial charge in [0.2, 0.25) is 11.8 Å². The number of benzene rings is 3. The van der Waals surface area contributed by atoms with Crippen LogP contribution in [0.5, 0.6) is 0 Å². The molecule has 0 bridgehead atoms. The average molecular weight is 635 g/mol. The van der Waals surface area contributed by atoms with E-state index in [0.29, 0.717) is 11.6 Å².